The molecule has 1 aromatic heterocycles. The number of carbonyl (C=O) groups is 1. The highest BCUT2D eigenvalue weighted by Gasteiger charge is 2.41. The van der Waals surface area contributed by atoms with Crippen molar-refractivity contribution >= 4 is 21.8 Å². The van der Waals surface area contributed by atoms with Crippen LogP contribution in [0.25, 0.3) is 0 Å². The molecule has 1 amide bonds. The molecule has 4 nitrogen and oxygen atoms in total. The normalized spacial score (nSPS) is 29.6. The zero-order valence-corrected chi connectivity index (χ0v) is 12.9. The van der Waals surface area contributed by atoms with E-state index in [9.17, 15) is 4.79 Å². The molecule has 1 aromatic rings. The van der Waals surface area contributed by atoms with Gasteiger partial charge in [-0.05, 0) is 60.0 Å². The summed E-state index contributed by atoms with van der Waals surface area (Å²) in [6, 6.07) is 2.63. The quantitative estimate of drug-likeness (QED) is 0.917. The lowest BCUT2D eigenvalue weighted by Crippen LogP contribution is -2.42. The van der Waals surface area contributed by atoms with E-state index in [1.54, 1.807) is 0 Å². The van der Waals surface area contributed by atoms with E-state index in [2.05, 4.69) is 25.8 Å². The molecule has 20 heavy (non-hydrogen) atoms. The molecule has 2 unspecified atom stereocenters. The number of nitrogens with zero attached hydrogens (tertiary/aromatic N) is 1. The molecule has 1 aliphatic heterocycles. The third kappa shape index (κ3) is 2.42. The van der Waals surface area contributed by atoms with E-state index >= 15 is 0 Å². The van der Waals surface area contributed by atoms with Crippen molar-refractivity contribution in [1.82, 2.24) is 9.88 Å². The molecule has 2 atom stereocenters. The van der Waals surface area contributed by atoms with Crippen LogP contribution in [0.4, 0.5) is 0 Å². The SMILES string of the molecule is O=C(NC1CCOC1C1CC1)c1cc(Br)cn1C1CC1. The van der Waals surface area contributed by atoms with Gasteiger partial charge in [-0.15, -0.1) is 0 Å². The van der Waals surface area contributed by atoms with Gasteiger partial charge in [-0.3, -0.25) is 4.79 Å². The summed E-state index contributed by atoms with van der Waals surface area (Å²) < 4.78 is 8.89. The highest BCUT2D eigenvalue weighted by atomic mass is 79.9. The number of aromatic nitrogens is 1. The van der Waals surface area contributed by atoms with E-state index in [0.29, 0.717) is 12.0 Å². The Hall–Kier alpha value is -0.810. The number of nitrogens with one attached hydrogen (secondary N) is 1. The minimum absolute atomic E-state index is 0.0451. The lowest BCUT2D eigenvalue weighted by molar-refractivity contribution is 0.0725. The molecule has 4 rings (SSSR count). The van der Waals surface area contributed by atoms with Crippen molar-refractivity contribution in [3.63, 3.8) is 0 Å². The second-order valence-electron chi connectivity index (χ2n) is 6.22. The van der Waals surface area contributed by atoms with Crippen molar-refractivity contribution in [2.75, 3.05) is 6.61 Å². The molecule has 2 heterocycles. The van der Waals surface area contributed by atoms with Crippen LogP contribution in [0.5, 0.6) is 0 Å². The average molecular weight is 339 g/mol. The zero-order chi connectivity index (χ0) is 13.7. The third-order valence-corrected chi connectivity index (χ3v) is 4.96. The maximum atomic E-state index is 12.5. The molecule has 0 bridgehead atoms. The summed E-state index contributed by atoms with van der Waals surface area (Å²) in [5.41, 5.74) is 0.779. The van der Waals surface area contributed by atoms with Crippen LogP contribution < -0.4 is 5.32 Å². The van der Waals surface area contributed by atoms with Gasteiger partial charge in [-0.25, -0.2) is 0 Å². The Morgan fingerprint density at radius 2 is 2.10 bits per heavy atom. The standard InChI is InChI=1S/C15H19BrN2O2/c16-10-7-13(18(8-10)11-3-4-11)15(19)17-12-5-6-20-14(12)9-1-2-9/h7-9,11-12,14H,1-6H2,(H,17,19). The van der Waals surface area contributed by atoms with Crippen LogP contribution in [0.1, 0.15) is 48.6 Å². The molecular weight excluding hydrogens is 320 g/mol. The number of hydrogen-bond acceptors (Lipinski definition) is 2. The first-order chi connectivity index (χ1) is 9.72. The first-order valence-electron chi connectivity index (χ1n) is 7.52. The molecule has 3 aliphatic rings. The highest BCUT2D eigenvalue weighted by molar-refractivity contribution is 9.10. The third-order valence-electron chi connectivity index (χ3n) is 4.53. The van der Waals surface area contributed by atoms with Gasteiger partial charge >= 0.3 is 0 Å². The summed E-state index contributed by atoms with van der Waals surface area (Å²) in [5.74, 6) is 0.716. The average Bonchev–Trinajstić information content (AvgIpc) is 3.35. The topological polar surface area (TPSA) is 43.3 Å². The van der Waals surface area contributed by atoms with Gasteiger partial charge in [0.15, 0.2) is 0 Å². The minimum Gasteiger partial charge on any atom is -0.376 e. The Bertz CT molecular complexity index is 534. The van der Waals surface area contributed by atoms with Gasteiger partial charge in [-0.1, -0.05) is 0 Å². The van der Waals surface area contributed by atoms with Gasteiger partial charge < -0.3 is 14.6 Å². The van der Waals surface area contributed by atoms with Crippen molar-refractivity contribution in [2.24, 2.45) is 5.92 Å². The monoisotopic (exact) mass is 338 g/mol. The summed E-state index contributed by atoms with van der Waals surface area (Å²) in [6.45, 7) is 0.777. The van der Waals surface area contributed by atoms with Crippen LogP contribution in [0.2, 0.25) is 0 Å². The molecule has 0 aromatic carbocycles. The van der Waals surface area contributed by atoms with E-state index in [4.69, 9.17) is 4.74 Å². The Balaban J connectivity index is 1.49. The van der Waals surface area contributed by atoms with Gasteiger partial charge in [0, 0.05) is 23.3 Å². The molecule has 1 N–H and O–H groups in total. The fourth-order valence-electron chi connectivity index (χ4n) is 3.18. The molecule has 1 saturated heterocycles. The van der Waals surface area contributed by atoms with Gasteiger partial charge in [0.2, 0.25) is 0 Å². The second-order valence-corrected chi connectivity index (χ2v) is 7.14. The predicted octanol–water partition coefficient (Wildman–Crippen LogP) is 2.88. The maximum Gasteiger partial charge on any atom is 0.268 e. The number of halogens is 1. The summed E-state index contributed by atoms with van der Waals surface area (Å²) in [7, 11) is 0. The van der Waals surface area contributed by atoms with Gasteiger partial charge in [0.1, 0.15) is 5.69 Å². The Labute approximate surface area is 127 Å². The van der Waals surface area contributed by atoms with E-state index in [0.717, 1.165) is 23.2 Å². The first-order valence-corrected chi connectivity index (χ1v) is 8.31. The number of amides is 1. The maximum absolute atomic E-state index is 12.5. The summed E-state index contributed by atoms with van der Waals surface area (Å²) >= 11 is 3.48. The van der Waals surface area contributed by atoms with Gasteiger partial charge in [-0.2, -0.15) is 0 Å². The van der Waals surface area contributed by atoms with E-state index < -0.39 is 0 Å². The lowest BCUT2D eigenvalue weighted by atomic mass is 10.1. The van der Waals surface area contributed by atoms with Gasteiger partial charge in [0.25, 0.3) is 5.91 Å². The van der Waals surface area contributed by atoms with Crippen LogP contribution in [-0.2, 0) is 4.74 Å². The van der Waals surface area contributed by atoms with Crippen LogP contribution in [-0.4, -0.2) is 29.2 Å². The second kappa shape index (κ2) is 4.88. The Morgan fingerprint density at radius 3 is 2.80 bits per heavy atom. The lowest BCUT2D eigenvalue weighted by Gasteiger charge is -2.20. The van der Waals surface area contributed by atoms with Crippen LogP contribution in [0, 0.1) is 5.92 Å². The first kappa shape index (κ1) is 12.9. The zero-order valence-electron chi connectivity index (χ0n) is 11.3. The number of hydrogen-bond donors (Lipinski definition) is 1. The van der Waals surface area contributed by atoms with E-state index in [1.165, 1.54) is 25.7 Å². The Morgan fingerprint density at radius 1 is 1.30 bits per heavy atom. The fraction of sp³-hybridized carbons (Fsp3) is 0.667. The minimum atomic E-state index is 0.0451. The van der Waals surface area contributed by atoms with E-state index in [1.807, 2.05) is 12.3 Å². The van der Waals surface area contributed by atoms with Gasteiger partial charge in [0.05, 0.1) is 12.1 Å². The van der Waals surface area contributed by atoms with Crippen molar-refractivity contribution in [1.29, 1.82) is 0 Å². The van der Waals surface area contributed by atoms with Crippen molar-refractivity contribution in [2.45, 2.75) is 50.3 Å². The van der Waals surface area contributed by atoms with Crippen LogP contribution >= 0.6 is 15.9 Å². The molecule has 3 fully saturated rings. The van der Waals surface area contributed by atoms with Crippen LogP contribution in [0.15, 0.2) is 16.7 Å². The fourth-order valence-corrected chi connectivity index (χ4v) is 3.62. The smallest absolute Gasteiger partial charge is 0.268 e. The summed E-state index contributed by atoms with van der Waals surface area (Å²) in [5, 5.41) is 3.20. The molecule has 0 spiro atoms. The van der Waals surface area contributed by atoms with Crippen molar-refractivity contribution in [3.8, 4) is 0 Å². The van der Waals surface area contributed by atoms with Crippen molar-refractivity contribution in [3.05, 3.63) is 22.4 Å². The molecule has 2 saturated carbocycles. The van der Waals surface area contributed by atoms with Crippen molar-refractivity contribution < 1.29 is 9.53 Å². The molecule has 2 aliphatic carbocycles. The summed E-state index contributed by atoms with van der Waals surface area (Å²) in [4.78, 5) is 12.5. The van der Waals surface area contributed by atoms with Crippen LogP contribution in [0.3, 0.4) is 0 Å². The summed E-state index contributed by atoms with van der Waals surface area (Å²) in [6.07, 6.45) is 8.07. The highest BCUT2D eigenvalue weighted by Crippen LogP contribution is 2.39. The molecule has 0 radical (unpaired) electrons. The predicted molar refractivity (Wildman–Crippen MR) is 78.7 cm³/mol. The largest absolute Gasteiger partial charge is 0.376 e. The van der Waals surface area contributed by atoms with E-state index in [-0.39, 0.29) is 18.1 Å². The Kier molecular flexibility index (Phi) is 3.15. The number of ether oxygens (including phenoxy) is 1. The molecular formula is C15H19BrN2O2. The molecule has 108 valence electrons. The number of rotatable bonds is 4. The number of carbonyl (C=O) groups excluding carboxylic acids is 1. The molecule has 5 heteroatoms.